The molecule has 2 unspecified atom stereocenters. The zero-order valence-electron chi connectivity index (χ0n) is 14.3. The van der Waals surface area contributed by atoms with Gasteiger partial charge in [-0.05, 0) is 39.7 Å². The Balaban J connectivity index is 1.77. The Kier molecular flexibility index (Phi) is 4.24. The first-order valence-electron chi connectivity index (χ1n) is 8.27. The molecular weight excluding hydrogens is 290 g/mol. The molecule has 1 aliphatic heterocycles. The highest BCUT2D eigenvalue weighted by atomic mass is 16.2. The summed E-state index contributed by atoms with van der Waals surface area (Å²) in [6.45, 7) is 7.62. The summed E-state index contributed by atoms with van der Waals surface area (Å²) in [6.07, 6.45) is 3.92. The van der Waals surface area contributed by atoms with Gasteiger partial charge in [0.2, 0.25) is 5.91 Å². The Morgan fingerprint density at radius 1 is 1.43 bits per heavy atom. The number of aromatic nitrogens is 4. The van der Waals surface area contributed by atoms with Crippen molar-refractivity contribution in [1.82, 2.24) is 24.9 Å². The van der Waals surface area contributed by atoms with Gasteiger partial charge in [0, 0.05) is 49.2 Å². The Morgan fingerprint density at radius 3 is 2.83 bits per heavy atom. The van der Waals surface area contributed by atoms with E-state index >= 15 is 0 Å². The molecule has 1 fully saturated rings. The Bertz CT molecular complexity index is 688. The Hall–Kier alpha value is -2.11. The molecule has 2 aromatic rings. The number of aromatic amines is 1. The zero-order valence-corrected chi connectivity index (χ0v) is 14.3. The number of nitrogens with one attached hydrogen (secondary N) is 1. The molecule has 6 nitrogen and oxygen atoms in total. The molecule has 0 aliphatic carbocycles. The molecule has 1 N–H and O–H groups in total. The third-order valence-electron chi connectivity index (χ3n) is 5.06. The van der Waals surface area contributed by atoms with Gasteiger partial charge in [0.25, 0.3) is 0 Å². The standard InChI is InChI=1S/C17H25N5O/c1-11(16-12(2)20-21(4)13(16)3)17(23)22-9-5-6-14(10-22)15-7-8-18-19-15/h7-8,11,14H,5-6,9-10H2,1-4H3,(H,18,19). The summed E-state index contributed by atoms with van der Waals surface area (Å²) in [5.41, 5.74) is 4.23. The number of carbonyl (C=O) groups is 1. The molecule has 124 valence electrons. The van der Waals surface area contributed by atoms with Gasteiger partial charge in [-0.15, -0.1) is 0 Å². The van der Waals surface area contributed by atoms with Crippen LogP contribution in [0.25, 0.3) is 0 Å². The number of hydrogen-bond donors (Lipinski definition) is 1. The van der Waals surface area contributed by atoms with E-state index in [0.29, 0.717) is 5.92 Å². The van der Waals surface area contributed by atoms with Crippen molar-refractivity contribution in [2.75, 3.05) is 13.1 Å². The lowest BCUT2D eigenvalue weighted by Gasteiger charge is -2.34. The topological polar surface area (TPSA) is 66.8 Å². The van der Waals surface area contributed by atoms with E-state index in [0.717, 1.165) is 48.6 Å². The third-order valence-corrected chi connectivity index (χ3v) is 5.06. The van der Waals surface area contributed by atoms with E-state index in [1.807, 2.05) is 43.5 Å². The summed E-state index contributed by atoms with van der Waals surface area (Å²) in [6, 6.07) is 2.01. The quantitative estimate of drug-likeness (QED) is 0.945. The fourth-order valence-corrected chi connectivity index (χ4v) is 3.74. The number of carbonyl (C=O) groups excluding carboxylic acids is 1. The molecule has 2 atom stereocenters. The second-order valence-electron chi connectivity index (χ2n) is 6.57. The first kappa shape index (κ1) is 15.8. The average molecular weight is 315 g/mol. The number of piperidine rings is 1. The van der Waals surface area contributed by atoms with E-state index < -0.39 is 0 Å². The highest BCUT2D eigenvalue weighted by Gasteiger charge is 2.31. The normalized spacial score (nSPS) is 19.8. The monoisotopic (exact) mass is 315 g/mol. The van der Waals surface area contributed by atoms with Crippen LogP contribution in [0.4, 0.5) is 0 Å². The molecule has 3 heterocycles. The fraction of sp³-hybridized carbons (Fsp3) is 0.588. The maximum absolute atomic E-state index is 13.0. The molecule has 1 aliphatic rings. The van der Waals surface area contributed by atoms with Crippen molar-refractivity contribution in [3.05, 3.63) is 34.9 Å². The van der Waals surface area contributed by atoms with E-state index in [-0.39, 0.29) is 11.8 Å². The van der Waals surface area contributed by atoms with Crippen LogP contribution in [0.2, 0.25) is 0 Å². The lowest BCUT2D eigenvalue weighted by atomic mass is 9.92. The molecule has 0 spiro atoms. The number of amides is 1. The van der Waals surface area contributed by atoms with Crippen LogP contribution in [-0.2, 0) is 11.8 Å². The highest BCUT2D eigenvalue weighted by Crippen LogP contribution is 2.29. The number of nitrogens with zero attached hydrogens (tertiary/aromatic N) is 4. The largest absolute Gasteiger partial charge is 0.342 e. The van der Waals surface area contributed by atoms with Crippen LogP contribution in [0.3, 0.4) is 0 Å². The molecule has 23 heavy (non-hydrogen) atoms. The lowest BCUT2D eigenvalue weighted by Crippen LogP contribution is -2.41. The fourth-order valence-electron chi connectivity index (χ4n) is 3.74. The van der Waals surface area contributed by atoms with Gasteiger partial charge in [0.1, 0.15) is 0 Å². The van der Waals surface area contributed by atoms with Gasteiger partial charge in [-0.1, -0.05) is 0 Å². The van der Waals surface area contributed by atoms with Gasteiger partial charge in [-0.3, -0.25) is 14.6 Å². The molecule has 0 radical (unpaired) electrons. The molecule has 0 bridgehead atoms. The van der Waals surface area contributed by atoms with E-state index in [2.05, 4.69) is 15.3 Å². The predicted octanol–water partition coefficient (Wildman–Crippen LogP) is 2.27. The maximum Gasteiger partial charge on any atom is 0.229 e. The van der Waals surface area contributed by atoms with E-state index in [1.54, 1.807) is 6.20 Å². The number of rotatable bonds is 3. The van der Waals surface area contributed by atoms with Crippen molar-refractivity contribution >= 4 is 5.91 Å². The minimum absolute atomic E-state index is 0.149. The van der Waals surface area contributed by atoms with Crippen LogP contribution in [-0.4, -0.2) is 43.9 Å². The van der Waals surface area contributed by atoms with Gasteiger partial charge in [-0.25, -0.2) is 0 Å². The maximum atomic E-state index is 13.0. The van der Waals surface area contributed by atoms with Gasteiger partial charge in [0.05, 0.1) is 11.6 Å². The van der Waals surface area contributed by atoms with Gasteiger partial charge in [0.15, 0.2) is 0 Å². The summed E-state index contributed by atoms with van der Waals surface area (Å²) in [4.78, 5) is 15.0. The highest BCUT2D eigenvalue weighted by molar-refractivity contribution is 5.84. The van der Waals surface area contributed by atoms with Gasteiger partial charge >= 0.3 is 0 Å². The first-order chi connectivity index (χ1) is 11.0. The van der Waals surface area contributed by atoms with Crippen LogP contribution in [0, 0.1) is 13.8 Å². The summed E-state index contributed by atoms with van der Waals surface area (Å²) in [7, 11) is 1.93. The van der Waals surface area contributed by atoms with Crippen molar-refractivity contribution in [1.29, 1.82) is 0 Å². The number of aryl methyl sites for hydroxylation is 2. The molecular formula is C17H25N5O. The minimum atomic E-state index is -0.149. The summed E-state index contributed by atoms with van der Waals surface area (Å²) in [5, 5.41) is 11.5. The smallest absolute Gasteiger partial charge is 0.229 e. The summed E-state index contributed by atoms with van der Waals surface area (Å²) >= 11 is 0. The molecule has 6 heteroatoms. The number of hydrogen-bond acceptors (Lipinski definition) is 3. The molecule has 2 aromatic heterocycles. The van der Waals surface area contributed by atoms with Crippen molar-refractivity contribution in [2.24, 2.45) is 7.05 Å². The Labute approximate surface area is 136 Å². The SMILES string of the molecule is Cc1nn(C)c(C)c1C(C)C(=O)N1CCCC(c2ccn[nH]2)C1. The van der Waals surface area contributed by atoms with Gasteiger partial charge < -0.3 is 4.90 Å². The lowest BCUT2D eigenvalue weighted by molar-refractivity contribution is -0.133. The molecule has 3 rings (SSSR count). The van der Waals surface area contributed by atoms with Crippen molar-refractivity contribution < 1.29 is 4.79 Å². The van der Waals surface area contributed by atoms with E-state index in [4.69, 9.17) is 0 Å². The number of likely N-dealkylation sites (tertiary alicyclic amines) is 1. The van der Waals surface area contributed by atoms with Crippen LogP contribution in [0.5, 0.6) is 0 Å². The molecule has 0 saturated carbocycles. The number of H-pyrrole nitrogens is 1. The van der Waals surface area contributed by atoms with Crippen LogP contribution in [0.1, 0.15) is 54.2 Å². The van der Waals surface area contributed by atoms with Crippen molar-refractivity contribution in [2.45, 2.75) is 45.4 Å². The zero-order chi connectivity index (χ0) is 16.6. The predicted molar refractivity (Wildman–Crippen MR) is 88.2 cm³/mol. The second-order valence-corrected chi connectivity index (χ2v) is 6.57. The van der Waals surface area contributed by atoms with E-state index in [9.17, 15) is 4.79 Å². The molecule has 1 amide bonds. The van der Waals surface area contributed by atoms with Crippen LogP contribution >= 0.6 is 0 Å². The van der Waals surface area contributed by atoms with Crippen LogP contribution < -0.4 is 0 Å². The third kappa shape index (κ3) is 2.90. The summed E-state index contributed by atoms with van der Waals surface area (Å²) < 4.78 is 1.86. The van der Waals surface area contributed by atoms with Crippen molar-refractivity contribution in [3.63, 3.8) is 0 Å². The second kappa shape index (κ2) is 6.18. The minimum Gasteiger partial charge on any atom is -0.342 e. The van der Waals surface area contributed by atoms with Crippen molar-refractivity contribution in [3.8, 4) is 0 Å². The molecule has 0 aromatic carbocycles. The summed E-state index contributed by atoms with van der Waals surface area (Å²) in [5.74, 6) is 0.413. The van der Waals surface area contributed by atoms with Crippen LogP contribution in [0.15, 0.2) is 12.3 Å². The average Bonchev–Trinajstić information content (AvgIpc) is 3.16. The Morgan fingerprint density at radius 2 is 2.22 bits per heavy atom. The first-order valence-corrected chi connectivity index (χ1v) is 8.27. The van der Waals surface area contributed by atoms with E-state index in [1.165, 1.54) is 0 Å². The molecule has 1 saturated heterocycles. The van der Waals surface area contributed by atoms with Gasteiger partial charge in [-0.2, -0.15) is 10.2 Å².